The molecule has 0 spiro atoms. The summed E-state index contributed by atoms with van der Waals surface area (Å²) in [6.45, 7) is -3.29. The lowest BCUT2D eigenvalue weighted by molar-refractivity contribution is -0.386. The first-order chi connectivity index (χ1) is 8.90. The molecule has 0 heterocycles. The molecule has 0 bridgehead atoms. The first-order valence-corrected chi connectivity index (χ1v) is 5.93. The van der Waals surface area contributed by atoms with Crippen LogP contribution in [0.1, 0.15) is 15.9 Å². The van der Waals surface area contributed by atoms with Crippen LogP contribution in [0.5, 0.6) is 5.75 Å². The minimum absolute atomic E-state index is 0.201. The molecule has 0 amide bonds. The molecule has 1 aromatic rings. The summed E-state index contributed by atoms with van der Waals surface area (Å²) in [5.41, 5.74) is -0.794. The fourth-order valence-corrected chi connectivity index (χ4v) is 1.68. The zero-order chi connectivity index (χ0) is 14.6. The summed E-state index contributed by atoms with van der Waals surface area (Å²) in [5, 5.41) is 11.0. The standard InChI is InChI=1S/C10H8BrF2NO5/c1-18-9(15)6-2-5(4-11)3-7(14(16)17)8(6)19-10(12)13/h2-3,10H,4H2,1H3. The van der Waals surface area contributed by atoms with E-state index in [9.17, 15) is 23.7 Å². The third kappa shape index (κ3) is 3.60. The van der Waals surface area contributed by atoms with Gasteiger partial charge >= 0.3 is 18.3 Å². The number of methoxy groups -OCH3 is 1. The van der Waals surface area contributed by atoms with Gasteiger partial charge in [-0.05, 0) is 11.6 Å². The Morgan fingerprint density at radius 1 is 1.53 bits per heavy atom. The third-order valence-corrected chi connectivity index (χ3v) is 2.74. The highest BCUT2D eigenvalue weighted by Crippen LogP contribution is 2.35. The molecule has 0 aromatic heterocycles. The normalized spacial score (nSPS) is 10.4. The van der Waals surface area contributed by atoms with E-state index in [0.717, 1.165) is 13.2 Å². The summed E-state index contributed by atoms with van der Waals surface area (Å²) in [7, 11) is 1.03. The molecule has 0 aliphatic heterocycles. The first-order valence-electron chi connectivity index (χ1n) is 4.81. The largest absolute Gasteiger partial charge is 0.465 e. The number of hydrogen-bond donors (Lipinski definition) is 0. The Balaban J connectivity index is 3.50. The van der Waals surface area contributed by atoms with Crippen molar-refractivity contribution in [3.63, 3.8) is 0 Å². The fourth-order valence-electron chi connectivity index (χ4n) is 1.36. The van der Waals surface area contributed by atoms with Crippen molar-refractivity contribution in [3.05, 3.63) is 33.4 Å². The number of ether oxygens (including phenoxy) is 2. The third-order valence-electron chi connectivity index (χ3n) is 2.09. The quantitative estimate of drug-likeness (QED) is 0.356. The number of halogens is 3. The number of carbonyl (C=O) groups excluding carboxylic acids is 1. The number of esters is 1. The fraction of sp³-hybridized carbons (Fsp3) is 0.300. The van der Waals surface area contributed by atoms with E-state index < -0.39 is 34.5 Å². The number of alkyl halides is 3. The molecule has 1 rings (SSSR count). The summed E-state index contributed by atoms with van der Waals surface area (Å²) in [4.78, 5) is 21.4. The molecule has 0 aliphatic carbocycles. The van der Waals surface area contributed by atoms with E-state index in [1.165, 1.54) is 6.07 Å². The van der Waals surface area contributed by atoms with E-state index in [0.29, 0.717) is 5.56 Å². The molecule has 19 heavy (non-hydrogen) atoms. The van der Waals surface area contributed by atoms with Gasteiger partial charge in [-0.2, -0.15) is 8.78 Å². The van der Waals surface area contributed by atoms with Crippen molar-refractivity contribution in [1.29, 1.82) is 0 Å². The van der Waals surface area contributed by atoms with Gasteiger partial charge in [0.05, 0.1) is 12.0 Å². The molecule has 0 N–H and O–H groups in total. The van der Waals surface area contributed by atoms with Crippen LogP contribution in [-0.4, -0.2) is 24.6 Å². The van der Waals surface area contributed by atoms with E-state index >= 15 is 0 Å². The second-order valence-electron chi connectivity index (χ2n) is 3.25. The topological polar surface area (TPSA) is 78.7 Å². The second-order valence-corrected chi connectivity index (χ2v) is 3.81. The van der Waals surface area contributed by atoms with Crippen molar-refractivity contribution >= 4 is 27.6 Å². The maximum absolute atomic E-state index is 12.3. The molecule has 0 unspecified atom stereocenters. The molecule has 0 saturated carbocycles. The van der Waals surface area contributed by atoms with Gasteiger partial charge in [0.25, 0.3) is 0 Å². The van der Waals surface area contributed by atoms with E-state index in [4.69, 9.17) is 0 Å². The Hall–Kier alpha value is -1.77. The number of nitro benzene ring substituents is 1. The van der Waals surface area contributed by atoms with Crippen LogP contribution in [0.4, 0.5) is 14.5 Å². The molecular weight excluding hydrogens is 332 g/mol. The molecule has 0 radical (unpaired) electrons. The lowest BCUT2D eigenvalue weighted by Gasteiger charge is -2.11. The highest BCUT2D eigenvalue weighted by molar-refractivity contribution is 9.08. The van der Waals surface area contributed by atoms with Crippen molar-refractivity contribution in [2.45, 2.75) is 11.9 Å². The molecule has 0 aliphatic rings. The zero-order valence-electron chi connectivity index (χ0n) is 9.56. The molecule has 0 saturated heterocycles. The monoisotopic (exact) mass is 339 g/mol. The Morgan fingerprint density at radius 3 is 2.58 bits per heavy atom. The van der Waals surface area contributed by atoms with Crippen molar-refractivity contribution in [1.82, 2.24) is 0 Å². The lowest BCUT2D eigenvalue weighted by atomic mass is 10.1. The zero-order valence-corrected chi connectivity index (χ0v) is 11.1. The average Bonchev–Trinajstić information content (AvgIpc) is 2.36. The minimum Gasteiger partial charge on any atom is -0.465 e. The van der Waals surface area contributed by atoms with Gasteiger partial charge in [0.1, 0.15) is 5.56 Å². The molecule has 6 nitrogen and oxygen atoms in total. The van der Waals surface area contributed by atoms with Gasteiger partial charge in [-0.15, -0.1) is 0 Å². The summed E-state index contributed by atoms with van der Waals surface area (Å²) >= 11 is 3.06. The van der Waals surface area contributed by atoms with Crippen LogP contribution in [0, 0.1) is 10.1 Å². The summed E-state index contributed by atoms with van der Waals surface area (Å²) < 4.78 is 33.0. The van der Waals surface area contributed by atoms with Gasteiger partial charge in [-0.25, -0.2) is 4.79 Å². The number of nitrogens with zero attached hydrogens (tertiary/aromatic N) is 1. The van der Waals surface area contributed by atoms with Gasteiger partial charge in [0.15, 0.2) is 0 Å². The Kier molecular flexibility index (Phi) is 5.16. The second kappa shape index (κ2) is 6.41. The minimum atomic E-state index is -3.29. The van der Waals surface area contributed by atoms with Crippen molar-refractivity contribution in [3.8, 4) is 5.75 Å². The SMILES string of the molecule is COC(=O)c1cc(CBr)cc([N+](=O)[O-])c1OC(F)F. The summed E-state index contributed by atoms with van der Waals surface area (Å²) in [6.07, 6.45) is 0. The van der Waals surface area contributed by atoms with Crippen molar-refractivity contribution in [2.75, 3.05) is 7.11 Å². The number of carbonyl (C=O) groups is 1. The molecule has 104 valence electrons. The van der Waals surface area contributed by atoms with E-state index in [1.807, 2.05) is 0 Å². The van der Waals surface area contributed by atoms with Gasteiger partial charge in [0.2, 0.25) is 5.75 Å². The number of rotatable bonds is 5. The maximum atomic E-state index is 12.3. The van der Waals surface area contributed by atoms with E-state index in [-0.39, 0.29) is 5.33 Å². The predicted molar refractivity (Wildman–Crippen MR) is 63.7 cm³/mol. The Bertz CT molecular complexity index is 509. The number of hydrogen-bond acceptors (Lipinski definition) is 5. The van der Waals surface area contributed by atoms with Gasteiger partial charge in [-0.1, -0.05) is 15.9 Å². The highest BCUT2D eigenvalue weighted by Gasteiger charge is 2.27. The number of nitro groups is 1. The first kappa shape index (κ1) is 15.3. The molecule has 0 atom stereocenters. The predicted octanol–water partition coefficient (Wildman–Crippen LogP) is 2.88. The van der Waals surface area contributed by atoms with Gasteiger partial charge in [0, 0.05) is 11.4 Å². The van der Waals surface area contributed by atoms with Crippen LogP contribution >= 0.6 is 15.9 Å². The van der Waals surface area contributed by atoms with Crippen LogP contribution in [-0.2, 0) is 10.1 Å². The summed E-state index contributed by atoms with van der Waals surface area (Å²) in [5.74, 6) is -1.81. The smallest absolute Gasteiger partial charge is 0.387 e. The van der Waals surface area contributed by atoms with Crippen molar-refractivity contribution < 1.29 is 28.0 Å². The molecule has 0 fully saturated rings. The van der Waals surface area contributed by atoms with Gasteiger partial charge in [-0.3, -0.25) is 10.1 Å². The Morgan fingerprint density at radius 2 is 2.16 bits per heavy atom. The highest BCUT2D eigenvalue weighted by atomic mass is 79.9. The van der Waals surface area contributed by atoms with Gasteiger partial charge < -0.3 is 9.47 Å². The number of benzene rings is 1. The lowest BCUT2D eigenvalue weighted by Crippen LogP contribution is -2.12. The van der Waals surface area contributed by atoms with E-state index in [1.54, 1.807) is 0 Å². The molecular formula is C10H8BrF2NO5. The molecule has 1 aromatic carbocycles. The van der Waals surface area contributed by atoms with Crippen LogP contribution in [0.15, 0.2) is 12.1 Å². The van der Waals surface area contributed by atoms with E-state index in [2.05, 4.69) is 25.4 Å². The Labute approximate surface area is 114 Å². The van der Waals surface area contributed by atoms with Crippen LogP contribution < -0.4 is 4.74 Å². The maximum Gasteiger partial charge on any atom is 0.387 e. The molecule has 9 heteroatoms. The van der Waals surface area contributed by atoms with Crippen molar-refractivity contribution in [2.24, 2.45) is 0 Å². The average molecular weight is 340 g/mol. The summed E-state index contributed by atoms with van der Waals surface area (Å²) in [6, 6.07) is 2.23. The van der Waals surface area contributed by atoms with Crippen LogP contribution in [0.3, 0.4) is 0 Å². The van der Waals surface area contributed by atoms with Crippen LogP contribution in [0.2, 0.25) is 0 Å². The van der Waals surface area contributed by atoms with Crippen LogP contribution in [0.25, 0.3) is 0 Å².